The Morgan fingerprint density at radius 1 is 1.40 bits per heavy atom. The molecule has 5 nitrogen and oxygen atoms in total. The summed E-state index contributed by atoms with van der Waals surface area (Å²) < 4.78 is 20.2. The van der Waals surface area contributed by atoms with Crippen LogP contribution in [0.15, 0.2) is 24.4 Å². The first kappa shape index (κ1) is 14.5. The molecule has 1 heterocycles. The number of nitrogens with zero attached hydrogens (tertiary/aromatic N) is 3. The summed E-state index contributed by atoms with van der Waals surface area (Å²) in [5, 5.41) is 11.4. The fourth-order valence-electron chi connectivity index (χ4n) is 1.89. The molecule has 0 saturated carbocycles. The van der Waals surface area contributed by atoms with E-state index in [0.29, 0.717) is 13.1 Å². The van der Waals surface area contributed by atoms with Gasteiger partial charge in [-0.3, -0.25) is 0 Å². The number of rotatable bonds is 7. The Labute approximate surface area is 117 Å². The Morgan fingerprint density at radius 2 is 2.25 bits per heavy atom. The van der Waals surface area contributed by atoms with E-state index < -0.39 is 0 Å². The lowest BCUT2D eigenvalue weighted by atomic mass is 10.2. The highest BCUT2D eigenvalue weighted by molar-refractivity contribution is 5.29. The first-order valence-corrected chi connectivity index (χ1v) is 6.65. The maximum Gasteiger partial charge on any atom is 0.165 e. The maximum absolute atomic E-state index is 13.6. The fourth-order valence-corrected chi connectivity index (χ4v) is 1.89. The van der Waals surface area contributed by atoms with Gasteiger partial charge in [0, 0.05) is 6.54 Å². The molecule has 0 radical (unpaired) electrons. The van der Waals surface area contributed by atoms with E-state index in [9.17, 15) is 4.39 Å². The second kappa shape index (κ2) is 7.00. The van der Waals surface area contributed by atoms with E-state index in [2.05, 4.69) is 22.6 Å². The molecular formula is C14H19FN4O. The molecule has 0 atom stereocenters. The number of halogens is 1. The molecule has 2 aromatic rings. The van der Waals surface area contributed by atoms with Gasteiger partial charge < -0.3 is 10.1 Å². The van der Waals surface area contributed by atoms with Crippen LogP contribution in [0.2, 0.25) is 0 Å². The van der Waals surface area contributed by atoms with Gasteiger partial charge in [-0.05, 0) is 30.7 Å². The van der Waals surface area contributed by atoms with Gasteiger partial charge >= 0.3 is 0 Å². The lowest BCUT2D eigenvalue weighted by Gasteiger charge is -2.05. The molecule has 0 aliphatic rings. The highest BCUT2D eigenvalue weighted by atomic mass is 19.1. The van der Waals surface area contributed by atoms with Crippen LogP contribution in [-0.4, -0.2) is 28.6 Å². The van der Waals surface area contributed by atoms with Crippen LogP contribution < -0.4 is 10.1 Å². The van der Waals surface area contributed by atoms with Crippen molar-refractivity contribution in [1.29, 1.82) is 0 Å². The second-order valence-electron chi connectivity index (χ2n) is 4.55. The van der Waals surface area contributed by atoms with Crippen molar-refractivity contribution < 1.29 is 9.13 Å². The Hall–Kier alpha value is -1.95. The van der Waals surface area contributed by atoms with Crippen molar-refractivity contribution in [3.8, 4) is 5.75 Å². The molecule has 1 N–H and O–H groups in total. The summed E-state index contributed by atoms with van der Waals surface area (Å²) in [4.78, 5) is 0. The van der Waals surface area contributed by atoms with Gasteiger partial charge in [0.2, 0.25) is 0 Å². The Kier molecular flexibility index (Phi) is 5.06. The quantitative estimate of drug-likeness (QED) is 0.787. The van der Waals surface area contributed by atoms with Crippen LogP contribution in [0.1, 0.15) is 24.6 Å². The highest BCUT2D eigenvalue weighted by Gasteiger charge is 2.05. The zero-order chi connectivity index (χ0) is 14.4. The maximum atomic E-state index is 13.6. The van der Waals surface area contributed by atoms with Gasteiger partial charge in [-0.1, -0.05) is 18.2 Å². The second-order valence-corrected chi connectivity index (χ2v) is 4.55. The van der Waals surface area contributed by atoms with E-state index in [1.54, 1.807) is 10.7 Å². The van der Waals surface area contributed by atoms with Crippen LogP contribution in [0.3, 0.4) is 0 Å². The van der Waals surface area contributed by atoms with Crippen LogP contribution >= 0.6 is 0 Å². The third kappa shape index (κ3) is 3.77. The minimum atomic E-state index is -0.366. The van der Waals surface area contributed by atoms with Crippen molar-refractivity contribution in [1.82, 2.24) is 20.3 Å². The summed E-state index contributed by atoms with van der Waals surface area (Å²) in [6.45, 7) is 4.26. The lowest BCUT2D eigenvalue weighted by Crippen LogP contribution is -2.13. The molecule has 0 unspecified atom stereocenters. The van der Waals surface area contributed by atoms with Gasteiger partial charge in [-0.2, -0.15) is 0 Å². The molecule has 0 fully saturated rings. The first-order valence-electron chi connectivity index (χ1n) is 6.65. The van der Waals surface area contributed by atoms with Crippen molar-refractivity contribution in [3.63, 3.8) is 0 Å². The average molecular weight is 278 g/mol. The minimum Gasteiger partial charge on any atom is -0.494 e. The number of benzene rings is 1. The molecule has 0 amide bonds. The van der Waals surface area contributed by atoms with Crippen molar-refractivity contribution in [2.45, 2.75) is 26.4 Å². The van der Waals surface area contributed by atoms with Crippen LogP contribution in [0.4, 0.5) is 4.39 Å². The smallest absolute Gasteiger partial charge is 0.165 e. The van der Waals surface area contributed by atoms with Crippen LogP contribution in [0.5, 0.6) is 5.75 Å². The number of hydrogen-bond donors (Lipinski definition) is 1. The van der Waals surface area contributed by atoms with E-state index >= 15 is 0 Å². The number of nitrogens with one attached hydrogen (secondary N) is 1. The number of aromatic nitrogens is 3. The predicted molar refractivity (Wildman–Crippen MR) is 74.1 cm³/mol. The number of ether oxygens (including phenoxy) is 1. The van der Waals surface area contributed by atoms with Crippen molar-refractivity contribution >= 4 is 0 Å². The average Bonchev–Trinajstić information content (AvgIpc) is 2.87. The zero-order valence-electron chi connectivity index (χ0n) is 11.8. The third-order valence-electron chi connectivity index (χ3n) is 2.88. The topological polar surface area (TPSA) is 52.0 Å². The van der Waals surface area contributed by atoms with E-state index in [1.165, 1.54) is 13.2 Å². The summed E-state index contributed by atoms with van der Waals surface area (Å²) in [6.07, 6.45) is 2.95. The monoisotopic (exact) mass is 278 g/mol. The molecule has 20 heavy (non-hydrogen) atoms. The zero-order valence-corrected chi connectivity index (χ0v) is 11.8. The molecule has 0 spiro atoms. The van der Waals surface area contributed by atoms with Gasteiger partial charge in [0.25, 0.3) is 0 Å². The SMILES string of the molecule is CCCNCc1cn(Cc2ccc(OC)c(F)c2)nn1. The molecule has 2 rings (SSSR count). The molecule has 0 bridgehead atoms. The van der Waals surface area contributed by atoms with Gasteiger partial charge in [0.1, 0.15) is 0 Å². The van der Waals surface area contributed by atoms with Gasteiger partial charge in [-0.25, -0.2) is 9.07 Å². The molecule has 1 aromatic heterocycles. The Morgan fingerprint density at radius 3 is 2.95 bits per heavy atom. The van der Waals surface area contributed by atoms with Crippen molar-refractivity contribution in [3.05, 3.63) is 41.5 Å². The molecule has 108 valence electrons. The Bertz CT molecular complexity index is 556. The van der Waals surface area contributed by atoms with Crippen LogP contribution in [0.25, 0.3) is 0 Å². The minimum absolute atomic E-state index is 0.247. The van der Waals surface area contributed by atoms with Gasteiger partial charge in [0.15, 0.2) is 11.6 Å². The number of hydrogen-bond acceptors (Lipinski definition) is 4. The molecule has 1 aromatic carbocycles. The lowest BCUT2D eigenvalue weighted by molar-refractivity contribution is 0.386. The highest BCUT2D eigenvalue weighted by Crippen LogP contribution is 2.18. The Balaban J connectivity index is 1.97. The van der Waals surface area contributed by atoms with E-state index in [0.717, 1.165) is 24.2 Å². The first-order chi connectivity index (χ1) is 9.72. The molecule has 0 aliphatic carbocycles. The van der Waals surface area contributed by atoms with E-state index in [1.807, 2.05) is 12.3 Å². The molecule has 6 heteroatoms. The third-order valence-corrected chi connectivity index (χ3v) is 2.88. The standard InChI is InChI=1S/C14H19FN4O/c1-3-6-16-8-12-10-19(18-17-12)9-11-4-5-14(20-2)13(15)7-11/h4-5,7,10,16H,3,6,8-9H2,1-2H3. The van der Waals surface area contributed by atoms with Gasteiger partial charge in [0.05, 0.1) is 25.5 Å². The summed E-state index contributed by atoms with van der Waals surface area (Å²) in [5.41, 5.74) is 1.70. The summed E-state index contributed by atoms with van der Waals surface area (Å²) >= 11 is 0. The summed E-state index contributed by atoms with van der Waals surface area (Å²) in [7, 11) is 1.45. The van der Waals surface area contributed by atoms with E-state index in [4.69, 9.17) is 4.74 Å². The summed E-state index contributed by atoms with van der Waals surface area (Å²) in [6, 6.07) is 4.89. The van der Waals surface area contributed by atoms with Crippen LogP contribution in [-0.2, 0) is 13.1 Å². The summed E-state index contributed by atoms with van der Waals surface area (Å²) in [5.74, 6) is -0.119. The normalized spacial score (nSPS) is 10.8. The van der Waals surface area contributed by atoms with Crippen molar-refractivity contribution in [2.24, 2.45) is 0 Å². The number of methoxy groups -OCH3 is 1. The largest absolute Gasteiger partial charge is 0.494 e. The van der Waals surface area contributed by atoms with Crippen LogP contribution in [0, 0.1) is 5.82 Å². The van der Waals surface area contributed by atoms with E-state index in [-0.39, 0.29) is 11.6 Å². The molecule has 0 aliphatic heterocycles. The van der Waals surface area contributed by atoms with Gasteiger partial charge in [-0.15, -0.1) is 5.10 Å². The molecule has 0 saturated heterocycles. The van der Waals surface area contributed by atoms with Crippen molar-refractivity contribution in [2.75, 3.05) is 13.7 Å². The predicted octanol–water partition coefficient (Wildman–Crippen LogP) is 1.97. The molecular weight excluding hydrogens is 259 g/mol. The fraction of sp³-hybridized carbons (Fsp3) is 0.429.